The van der Waals surface area contributed by atoms with E-state index in [4.69, 9.17) is 14.2 Å². The molecule has 8 nitrogen and oxygen atoms in total. The Hall–Kier alpha value is -3.40. The number of likely N-dealkylation sites (tertiary alicyclic amines) is 1. The average Bonchev–Trinajstić information content (AvgIpc) is 3.64. The third-order valence-corrected chi connectivity index (χ3v) is 14.3. The van der Waals surface area contributed by atoms with Crippen LogP contribution in [0.5, 0.6) is 11.5 Å². The molecule has 236 valence electrons. The first-order chi connectivity index (χ1) is 21.2. The summed E-state index contributed by atoms with van der Waals surface area (Å²) in [6.07, 6.45) is 5.29. The van der Waals surface area contributed by atoms with Gasteiger partial charge in [0.15, 0.2) is 5.75 Å². The Morgan fingerprint density at radius 2 is 1.82 bits per heavy atom. The van der Waals surface area contributed by atoms with Gasteiger partial charge in [0.25, 0.3) is 5.56 Å². The monoisotopic (exact) mass is 618 g/mol. The van der Waals surface area contributed by atoms with E-state index >= 15 is 0 Å². The van der Waals surface area contributed by atoms with E-state index in [1.165, 1.54) is 12.3 Å². The molecule has 5 atom stereocenters. The number of methoxy groups -OCH3 is 2. The van der Waals surface area contributed by atoms with Crippen molar-refractivity contribution in [3.8, 4) is 17.2 Å². The summed E-state index contributed by atoms with van der Waals surface area (Å²) in [6, 6.07) is 19.8. The van der Waals surface area contributed by atoms with E-state index in [9.17, 15) is 14.7 Å². The van der Waals surface area contributed by atoms with E-state index in [0.29, 0.717) is 18.7 Å². The molecule has 1 amide bonds. The summed E-state index contributed by atoms with van der Waals surface area (Å²) in [7, 11) is 1.07. The van der Waals surface area contributed by atoms with Gasteiger partial charge in [0, 0.05) is 18.4 Å². The molecule has 3 heterocycles. The molecule has 3 aromatic rings. The van der Waals surface area contributed by atoms with Crippen LogP contribution in [0.25, 0.3) is 5.69 Å². The number of aromatic nitrogens is 1. The fraction of sp³-hybridized carbons (Fsp3) is 0.486. The van der Waals surface area contributed by atoms with Gasteiger partial charge in [-0.15, -0.1) is 0 Å². The normalized spacial score (nSPS) is 23.6. The van der Waals surface area contributed by atoms with Crippen molar-refractivity contribution >= 4 is 19.2 Å². The van der Waals surface area contributed by atoms with Crippen LogP contribution in [0.3, 0.4) is 0 Å². The zero-order valence-electron chi connectivity index (χ0n) is 26.6. The van der Waals surface area contributed by atoms with Crippen molar-refractivity contribution in [1.29, 1.82) is 0 Å². The topological polar surface area (TPSA) is 90.2 Å². The van der Waals surface area contributed by atoms with Gasteiger partial charge in [-0.25, -0.2) is 0 Å². The minimum absolute atomic E-state index is 0.00163. The number of aliphatic hydroxyl groups is 1. The van der Waals surface area contributed by atoms with E-state index in [2.05, 4.69) is 44.3 Å². The average molecular weight is 619 g/mol. The van der Waals surface area contributed by atoms with Gasteiger partial charge in [0.1, 0.15) is 5.75 Å². The Bertz CT molecular complexity index is 1490. The SMILES string of the molecule is COc1ccc([Si](C)(C)[C@H]2[C@H](C)[C@H](CCc3cccc(-n4cccc(OC)c4=O)c3)O[C@@H]2CC(=O)N2CCC[C@H]2CO)cc1. The highest BCUT2D eigenvalue weighted by molar-refractivity contribution is 6.91. The summed E-state index contributed by atoms with van der Waals surface area (Å²) in [6.45, 7) is 7.78. The number of pyridine rings is 1. The molecular formula is C35H46N2O6Si. The maximum absolute atomic E-state index is 13.6. The van der Waals surface area contributed by atoms with Crippen LogP contribution in [-0.4, -0.2) is 74.2 Å². The Kier molecular flexibility index (Phi) is 9.97. The second-order valence-corrected chi connectivity index (χ2v) is 17.5. The predicted molar refractivity (Wildman–Crippen MR) is 175 cm³/mol. The third kappa shape index (κ3) is 6.50. The number of rotatable bonds is 11. The number of ether oxygens (including phenoxy) is 3. The smallest absolute Gasteiger partial charge is 0.297 e. The van der Waals surface area contributed by atoms with E-state index in [1.807, 2.05) is 35.2 Å². The molecule has 1 aromatic heterocycles. The number of hydrogen-bond donors (Lipinski definition) is 1. The lowest BCUT2D eigenvalue weighted by Gasteiger charge is -2.36. The molecule has 2 aliphatic heterocycles. The molecule has 9 heteroatoms. The van der Waals surface area contributed by atoms with Gasteiger partial charge in [0.2, 0.25) is 5.91 Å². The molecule has 0 bridgehead atoms. The van der Waals surface area contributed by atoms with Crippen molar-refractivity contribution in [2.45, 2.75) is 75.9 Å². The fourth-order valence-electron chi connectivity index (χ4n) is 7.49. The molecule has 2 aliphatic rings. The van der Waals surface area contributed by atoms with Crippen molar-refractivity contribution in [3.63, 3.8) is 0 Å². The fourth-order valence-corrected chi connectivity index (χ4v) is 11.6. The number of benzene rings is 2. The van der Waals surface area contributed by atoms with Crippen molar-refractivity contribution in [3.05, 3.63) is 82.8 Å². The zero-order valence-corrected chi connectivity index (χ0v) is 27.6. The van der Waals surface area contributed by atoms with Crippen LogP contribution in [-0.2, 0) is 16.0 Å². The van der Waals surface area contributed by atoms with E-state index in [-0.39, 0.29) is 47.8 Å². The second kappa shape index (κ2) is 13.7. The van der Waals surface area contributed by atoms with Gasteiger partial charge in [0.05, 0.1) is 53.6 Å². The summed E-state index contributed by atoms with van der Waals surface area (Å²) < 4.78 is 19.1. The third-order valence-electron chi connectivity index (χ3n) is 9.89. The number of carbonyl (C=O) groups excluding carboxylic acids is 1. The molecular weight excluding hydrogens is 572 g/mol. The maximum atomic E-state index is 13.6. The van der Waals surface area contributed by atoms with Crippen LogP contribution in [0, 0.1) is 5.92 Å². The first-order valence-corrected chi connectivity index (χ1v) is 18.8. The van der Waals surface area contributed by atoms with Crippen LogP contribution in [0.2, 0.25) is 18.6 Å². The second-order valence-electron chi connectivity index (χ2n) is 12.8. The number of hydrogen-bond acceptors (Lipinski definition) is 6. The molecule has 44 heavy (non-hydrogen) atoms. The molecule has 2 aromatic carbocycles. The lowest BCUT2D eigenvalue weighted by atomic mass is 9.95. The van der Waals surface area contributed by atoms with Crippen molar-refractivity contribution in [2.75, 3.05) is 27.4 Å². The molecule has 0 saturated carbocycles. The van der Waals surface area contributed by atoms with Crippen LogP contribution >= 0.6 is 0 Å². The van der Waals surface area contributed by atoms with E-state index in [1.54, 1.807) is 23.9 Å². The largest absolute Gasteiger partial charge is 0.497 e. The van der Waals surface area contributed by atoms with E-state index in [0.717, 1.165) is 42.7 Å². The van der Waals surface area contributed by atoms with Crippen LogP contribution < -0.4 is 20.2 Å². The van der Waals surface area contributed by atoms with Gasteiger partial charge in [-0.2, -0.15) is 0 Å². The van der Waals surface area contributed by atoms with Gasteiger partial charge >= 0.3 is 0 Å². The van der Waals surface area contributed by atoms with Gasteiger partial charge in [-0.1, -0.05) is 49.5 Å². The summed E-state index contributed by atoms with van der Waals surface area (Å²) in [4.78, 5) is 28.3. The van der Waals surface area contributed by atoms with Crippen LogP contribution in [0.4, 0.5) is 0 Å². The standard InChI is InChI=1S/C35H46N2O6Si/c1-24-30(18-13-25-9-6-10-26(21-25)37-20-8-12-31(42-3)35(37)40)43-32(22-33(39)36-19-7-11-27(36)23-38)34(24)44(4,5)29-16-14-28(41-2)15-17-29/h6,8-10,12,14-17,20-21,24,27,30,32,34,38H,7,11,13,18-19,22-23H2,1-5H3/t24-,27+,30+,32-,34+/m1/s1. The number of aryl methyl sites for hydroxylation is 1. The maximum Gasteiger partial charge on any atom is 0.297 e. The molecule has 2 saturated heterocycles. The Labute approximate surface area is 261 Å². The molecule has 0 unspecified atom stereocenters. The lowest BCUT2D eigenvalue weighted by molar-refractivity contribution is -0.135. The minimum atomic E-state index is -2.11. The molecule has 0 aliphatic carbocycles. The van der Waals surface area contributed by atoms with Crippen molar-refractivity contribution in [1.82, 2.24) is 9.47 Å². The number of nitrogens with zero attached hydrogens (tertiary/aromatic N) is 2. The highest BCUT2D eigenvalue weighted by Gasteiger charge is 2.51. The minimum Gasteiger partial charge on any atom is -0.497 e. The van der Waals surface area contributed by atoms with Crippen molar-refractivity contribution < 1.29 is 24.1 Å². The van der Waals surface area contributed by atoms with Crippen LogP contribution in [0.1, 0.15) is 38.2 Å². The Balaban J connectivity index is 1.37. The van der Waals surface area contributed by atoms with Gasteiger partial charge in [-0.05, 0) is 79.1 Å². The summed E-state index contributed by atoms with van der Waals surface area (Å²) in [5, 5.41) is 11.2. The first kappa shape index (κ1) is 32.0. The van der Waals surface area contributed by atoms with Gasteiger partial charge < -0.3 is 24.2 Å². The molecule has 0 radical (unpaired) electrons. The number of carbonyl (C=O) groups is 1. The first-order valence-electron chi connectivity index (χ1n) is 15.7. The van der Waals surface area contributed by atoms with Crippen molar-refractivity contribution in [2.24, 2.45) is 5.92 Å². The molecule has 0 spiro atoms. The lowest BCUT2D eigenvalue weighted by Crippen LogP contribution is -2.51. The molecule has 2 fully saturated rings. The Morgan fingerprint density at radius 1 is 1.05 bits per heavy atom. The Morgan fingerprint density at radius 3 is 2.52 bits per heavy atom. The summed E-state index contributed by atoms with van der Waals surface area (Å²) in [5.41, 5.74) is 1.97. The highest BCUT2D eigenvalue weighted by Crippen LogP contribution is 2.46. The number of aliphatic hydroxyl groups excluding tert-OH is 1. The highest BCUT2D eigenvalue weighted by atomic mass is 28.3. The summed E-state index contributed by atoms with van der Waals surface area (Å²) in [5.74, 6) is 1.48. The quantitative estimate of drug-likeness (QED) is 0.317. The van der Waals surface area contributed by atoms with E-state index < -0.39 is 8.07 Å². The predicted octanol–water partition coefficient (Wildman–Crippen LogP) is 4.55. The number of amides is 1. The van der Waals surface area contributed by atoms with Crippen LogP contribution in [0.15, 0.2) is 71.7 Å². The van der Waals surface area contributed by atoms with Gasteiger partial charge in [-0.3, -0.25) is 14.2 Å². The zero-order chi connectivity index (χ0) is 31.4. The molecule has 5 rings (SSSR count). The summed E-state index contributed by atoms with van der Waals surface area (Å²) >= 11 is 0. The molecule has 1 N–H and O–H groups in total.